The van der Waals surface area contributed by atoms with Gasteiger partial charge in [0.05, 0.1) is 22.1 Å². The maximum Gasteiger partial charge on any atom is 0.337 e. The molecule has 6 nitrogen and oxygen atoms in total. The van der Waals surface area contributed by atoms with Crippen LogP contribution in [-0.4, -0.2) is 48.1 Å². The number of nitrogens with zero attached hydrogens (tertiary/aromatic N) is 1. The summed E-state index contributed by atoms with van der Waals surface area (Å²) in [6.07, 6.45) is 1.31. The Kier molecular flexibility index (Phi) is 4.52. The molecular weight excluding hydrogens is 325 g/mol. The van der Waals surface area contributed by atoms with Crippen molar-refractivity contribution in [3.05, 3.63) is 28.5 Å². The fourth-order valence-corrected chi connectivity index (χ4v) is 3.87. The molecule has 2 N–H and O–H groups in total. The number of aliphatic hydroxyl groups excluding tert-OH is 1. The van der Waals surface area contributed by atoms with Crippen molar-refractivity contribution in [3.63, 3.8) is 0 Å². The Morgan fingerprint density at radius 2 is 2.05 bits per heavy atom. The van der Waals surface area contributed by atoms with E-state index in [0.29, 0.717) is 18.9 Å². The van der Waals surface area contributed by atoms with Crippen molar-refractivity contribution >= 4 is 27.6 Å². The van der Waals surface area contributed by atoms with Crippen LogP contribution < -0.4 is 0 Å². The summed E-state index contributed by atoms with van der Waals surface area (Å²) in [6, 6.07) is 1.28. The number of halogens is 2. The van der Waals surface area contributed by atoms with Gasteiger partial charge in [0.25, 0.3) is 0 Å². The van der Waals surface area contributed by atoms with Gasteiger partial charge >= 0.3 is 5.97 Å². The minimum Gasteiger partial charge on any atom is -0.478 e. The Balaban J connectivity index is 2.51. The molecule has 0 radical (unpaired) electrons. The third-order valence-electron chi connectivity index (χ3n) is 3.11. The average Bonchev–Trinajstić information content (AvgIpc) is 3.22. The largest absolute Gasteiger partial charge is 0.478 e. The quantitative estimate of drug-likeness (QED) is 0.816. The number of benzene rings is 1. The topological polar surface area (TPSA) is 94.9 Å². The van der Waals surface area contributed by atoms with Gasteiger partial charge in [0.1, 0.15) is 5.82 Å². The zero-order valence-corrected chi connectivity index (χ0v) is 12.4. The highest BCUT2D eigenvalue weighted by molar-refractivity contribution is 7.89. The van der Waals surface area contributed by atoms with E-state index in [1.165, 1.54) is 0 Å². The van der Waals surface area contributed by atoms with E-state index in [1.54, 1.807) is 0 Å². The van der Waals surface area contributed by atoms with Crippen molar-refractivity contribution in [2.75, 3.05) is 13.2 Å². The van der Waals surface area contributed by atoms with Gasteiger partial charge in [-0.3, -0.25) is 0 Å². The van der Waals surface area contributed by atoms with Gasteiger partial charge in [-0.15, -0.1) is 0 Å². The van der Waals surface area contributed by atoms with E-state index in [9.17, 15) is 17.6 Å². The Morgan fingerprint density at radius 1 is 1.43 bits per heavy atom. The van der Waals surface area contributed by atoms with E-state index in [2.05, 4.69) is 0 Å². The molecule has 1 aromatic rings. The van der Waals surface area contributed by atoms with Crippen LogP contribution in [0.15, 0.2) is 17.0 Å². The van der Waals surface area contributed by atoms with Crippen LogP contribution in [0.2, 0.25) is 5.02 Å². The van der Waals surface area contributed by atoms with Crippen LogP contribution in [0.1, 0.15) is 23.2 Å². The lowest BCUT2D eigenvalue weighted by molar-refractivity contribution is 0.0696. The summed E-state index contributed by atoms with van der Waals surface area (Å²) < 4.78 is 39.6. The third kappa shape index (κ3) is 3.18. The summed E-state index contributed by atoms with van der Waals surface area (Å²) in [6.45, 7) is -0.503. The Morgan fingerprint density at radius 3 is 2.52 bits per heavy atom. The molecule has 0 atom stereocenters. The fraction of sp³-hybridized carbons (Fsp3) is 0.417. The Bertz CT molecular complexity index is 674. The van der Waals surface area contributed by atoms with Crippen LogP contribution in [-0.2, 0) is 10.0 Å². The van der Waals surface area contributed by atoms with E-state index in [-0.39, 0.29) is 19.2 Å². The van der Waals surface area contributed by atoms with E-state index < -0.39 is 37.3 Å². The maximum atomic E-state index is 13.7. The molecule has 21 heavy (non-hydrogen) atoms. The summed E-state index contributed by atoms with van der Waals surface area (Å²) in [5.41, 5.74) is -0.616. The van der Waals surface area contributed by atoms with E-state index in [1.807, 2.05) is 0 Å². The van der Waals surface area contributed by atoms with Crippen LogP contribution >= 0.6 is 11.6 Å². The molecule has 9 heteroatoms. The number of rotatable bonds is 6. The van der Waals surface area contributed by atoms with E-state index >= 15 is 0 Å². The number of sulfonamides is 1. The molecule has 1 aliphatic carbocycles. The highest BCUT2D eigenvalue weighted by Crippen LogP contribution is 2.33. The van der Waals surface area contributed by atoms with Gasteiger partial charge in [-0.25, -0.2) is 17.6 Å². The SMILES string of the molecule is O=C(O)c1cc(S(=O)(=O)N(CCO)C2CC2)cc(F)c1Cl. The first-order valence-electron chi connectivity index (χ1n) is 6.14. The molecule has 0 spiro atoms. The van der Waals surface area contributed by atoms with Crippen molar-refractivity contribution in [1.29, 1.82) is 0 Å². The lowest BCUT2D eigenvalue weighted by Crippen LogP contribution is -2.35. The molecule has 2 rings (SSSR count). The second-order valence-corrected chi connectivity index (χ2v) is 6.91. The first-order chi connectivity index (χ1) is 9.78. The normalized spacial score (nSPS) is 15.4. The molecule has 1 fully saturated rings. The second kappa shape index (κ2) is 5.88. The van der Waals surface area contributed by atoms with Crippen molar-refractivity contribution in [1.82, 2.24) is 4.31 Å². The molecule has 0 saturated heterocycles. The summed E-state index contributed by atoms with van der Waals surface area (Å²) in [4.78, 5) is 10.5. The van der Waals surface area contributed by atoms with Crippen molar-refractivity contribution in [3.8, 4) is 0 Å². The minimum atomic E-state index is -4.08. The zero-order chi connectivity index (χ0) is 15.8. The Hall–Kier alpha value is -1.22. The van der Waals surface area contributed by atoms with Crippen LogP contribution in [0.3, 0.4) is 0 Å². The Labute approximate surface area is 125 Å². The third-order valence-corrected chi connectivity index (χ3v) is 5.43. The van der Waals surface area contributed by atoms with Gasteiger partial charge in [0.15, 0.2) is 0 Å². The van der Waals surface area contributed by atoms with Gasteiger partial charge in [-0.1, -0.05) is 11.6 Å². The molecule has 1 aliphatic rings. The molecule has 0 unspecified atom stereocenters. The summed E-state index contributed by atoms with van der Waals surface area (Å²) in [7, 11) is -4.08. The van der Waals surface area contributed by atoms with Crippen molar-refractivity contribution in [2.24, 2.45) is 0 Å². The van der Waals surface area contributed by atoms with Crippen LogP contribution in [0, 0.1) is 5.82 Å². The molecule has 0 bridgehead atoms. The molecule has 1 saturated carbocycles. The van der Waals surface area contributed by atoms with E-state index in [0.717, 1.165) is 10.4 Å². The lowest BCUT2D eigenvalue weighted by atomic mass is 10.2. The molecule has 0 aliphatic heterocycles. The molecular formula is C12H13ClFNO5S. The molecule has 0 amide bonds. The number of carboxylic acids is 1. The minimum absolute atomic E-state index is 0.125. The summed E-state index contributed by atoms with van der Waals surface area (Å²) >= 11 is 5.52. The maximum absolute atomic E-state index is 13.7. The molecule has 116 valence electrons. The molecule has 0 aromatic heterocycles. The van der Waals surface area contributed by atoms with Gasteiger partial charge in [-0.2, -0.15) is 4.31 Å². The first-order valence-corrected chi connectivity index (χ1v) is 7.96. The smallest absolute Gasteiger partial charge is 0.337 e. The van der Waals surface area contributed by atoms with Crippen LogP contribution in [0.5, 0.6) is 0 Å². The molecule has 0 heterocycles. The number of aromatic carboxylic acids is 1. The van der Waals surface area contributed by atoms with E-state index in [4.69, 9.17) is 21.8 Å². The summed E-state index contributed by atoms with van der Waals surface area (Å²) in [5.74, 6) is -2.63. The number of carbonyl (C=O) groups is 1. The van der Waals surface area contributed by atoms with Gasteiger partial charge < -0.3 is 10.2 Å². The highest BCUT2D eigenvalue weighted by Gasteiger charge is 2.38. The molecule has 1 aromatic carbocycles. The average molecular weight is 338 g/mol. The van der Waals surface area contributed by atoms with Crippen LogP contribution in [0.25, 0.3) is 0 Å². The summed E-state index contributed by atoms with van der Waals surface area (Å²) in [5, 5.41) is 17.3. The highest BCUT2D eigenvalue weighted by atomic mass is 35.5. The predicted octanol–water partition coefficient (Wildman–Crippen LogP) is 1.32. The fourth-order valence-electron chi connectivity index (χ4n) is 1.96. The first kappa shape index (κ1) is 16.2. The van der Waals surface area contributed by atoms with Gasteiger partial charge in [0.2, 0.25) is 10.0 Å². The standard InChI is InChI=1S/C12H13ClFNO5S/c13-11-9(12(17)18)5-8(6-10(11)14)21(19,20)15(3-4-16)7-1-2-7/h5-7,16H,1-4H2,(H,17,18). The van der Waals surface area contributed by atoms with Gasteiger partial charge in [0, 0.05) is 12.6 Å². The second-order valence-electron chi connectivity index (χ2n) is 4.64. The monoisotopic (exact) mass is 337 g/mol. The lowest BCUT2D eigenvalue weighted by Gasteiger charge is -2.21. The number of hydrogen-bond donors (Lipinski definition) is 2. The predicted molar refractivity (Wildman–Crippen MR) is 72.4 cm³/mol. The number of carboxylic acid groups (broad SMARTS) is 1. The van der Waals surface area contributed by atoms with Crippen LogP contribution in [0.4, 0.5) is 4.39 Å². The van der Waals surface area contributed by atoms with Gasteiger partial charge in [-0.05, 0) is 25.0 Å². The number of hydrogen-bond acceptors (Lipinski definition) is 4. The van der Waals surface area contributed by atoms with Crippen molar-refractivity contribution in [2.45, 2.75) is 23.8 Å². The zero-order valence-electron chi connectivity index (χ0n) is 10.8. The number of aliphatic hydroxyl groups is 1. The van der Waals surface area contributed by atoms with Crippen molar-refractivity contribution < 1.29 is 27.8 Å².